The van der Waals surface area contributed by atoms with Crippen LogP contribution < -0.4 is 4.74 Å². The first kappa shape index (κ1) is 13.0. The Labute approximate surface area is 112 Å². The summed E-state index contributed by atoms with van der Waals surface area (Å²) in [5, 5.41) is 10.9. The van der Waals surface area contributed by atoms with Crippen LogP contribution in [0.3, 0.4) is 0 Å². The van der Waals surface area contributed by atoms with Crippen LogP contribution in [0.5, 0.6) is 5.75 Å². The molecule has 1 aliphatic carbocycles. The highest BCUT2D eigenvalue weighted by Gasteiger charge is 2.30. The first-order valence-corrected chi connectivity index (χ1v) is 6.38. The van der Waals surface area contributed by atoms with E-state index in [1.165, 1.54) is 6.07 Å². The number of nitro groups is 1. The van der Waals surface area contributed by atoms with Crippen LogP contribution in [0.4, 0.5) is 5.69 Å². The maximum atomic E-state index is 11.5. The van der Waals surface area contributed by atoms with Crippen LogP contribution in [-0.2, 0) is 4.79 Å². The molecule has 0 N–H and O–H groups in total. The summed E-state index contributed by atoms with van der Waals surface area (Å²) in [5.41, 5.74) is 0.519. The zero-order valence-corrected chi connectivity index (χ0v) is 11.4. The van der Waals surface area contributed by atoms with Crippen molar-refractivity contribution >= 4 is 27.4 Å². The second-order valence-electron chi connectivity index (χ2n) is 4.36. The van der Waals surface area contributed by atoms with E-state index in [0.29, 0.717) is 10.0 Å². The number of carbonyl (C=O) groups is 1. The van der Waals surface area contributed by atoms with Gasteiger partial charge in [0.05, 0.1) is 4.92 Å². The van der Waals surface area contributed by atoms with E-state index in [9.17, 15) is 14.9 Å². The van der Waals surface area contributed by atoms with E-state index in [1.54, 1.807) is 13.0 Å². The molecule has 0 atom stereocenters. The van der Waals surface area contributed by atoms with Crippen LogP contribution in [0.1, 0.15) is 18.4 Å². The molecular formula is C12H12BrNO4. The summed E-state index contributed by atoms with van der Waals surface area (Å²) in [6, 6.07) is 3.11. The van der Waals surface area contributed by atoms with Gasteiger partial charge in [-0.3, -0.25) is 14.9 Å². The van der Waals surface area contributed by atoms with Gasteiger partial charge < -0.3 is 4.74 Å². The minimum absolute atomic E-state index is 0.0200. The molecule has 0 bridgehead atoms. The summed E-state index contributed by atoms with van der Waals surface area (Å²) in [6.07, 6.45) is 1.81. The Morgan fingerprint density at radius 2 is 2.22 bits per heavy atom. The number of nitrogens with zero attached hydrogens (tertiary/aromatic N) is 1. The number of aryl methyl sites for hydroxylation is 1. The Bertz CT molecular complexity index is 511. The molecule has 96 valence electrons. The number of ketones is 1. The summed E-state index contributed by atoms with van der Waals surface area (Å²) in [4.78, 5) is 22.0. The molecule has 5 nitrogen and oxygen atoms in total. The molecule has 0 radical (unpaired) electrons. The highest BCUT2D eigenvalue weighted by molar-refractivity contribution is 9.10. The molecule has 1 aromatic rings. The Hall–Kier alpha value is -1.43. The Morgan fingerprint density at radius 1 is 1.56 bits per heavy atom. The molecule has 0 spiro atoms. The van der Waals surface area contributed by atoms with Gasteiger partial charge in [-0.15, -0.1) is 0 Å². The van der Waals surface area contributed by atoms with Crippen molar-refractivity contribution in [1.29, 1.82) is 0 Å². The number of carbonyl (C=O) groups excluding carboxylic acids is 1. The van der Waals surface area contributed by atoms with E-state index in [0.717, 1.165) is 12.8 Å². The van der Waals surface area contributed by atoms with E-state index >= 15 is 0 Å². The summed E-state index contributed by atoms with van der Waals surface area (Å²) >= 11 is 3.20. The van der Waals surface area contributed by atoms with Crippen LogP contribution in [-0.4, -0.2) is 17.3 Å². The fraction of sp³-hybridized carbons (Fsp3) is 0.417. The molecular weight excluding hydrogens is 302 g/mol. The summed E-state index contributed by atoms with van der Waals surface area (Å²) in [6.45, 7) is 1.63. The topological polar surface area (TPSA) is 69.4 Å². The first-order chi connectivity index (χ1) is 8.49. The van der Waals surface area contributed by atoms with E-state index in [1.807, 2.05) is 0 Å². The SMILES string of the molecule is Cc1cc(Br)cc([N+](=O)[O-])c1OCC(=O)C1CC1. The highest BCUT2D eigenvalue weighted by atomic mass is 79.9. The van der Waals surface area contributed by atoms with Crippen molar-refractivity contribution in [3.8, 4) is 5.75 Å². The maximum Gasteiger partial charge on any atom is 0.312 e. The molecule has 0 amide bonds. The fourth-order valence-corrected chi connectivity index (χ4v) is 2.26. The minimum Gasteiger partial charge on any atom is -0.479 e. The third kappa shape index (κ3) is 2.87. The van der Waals surface area contributed by atoms with Crippen molar-refractivity contribution in [3.05, 3.63) is 32.3 Å². The number of nitro benzene ring substituents is 1. The Balaban J connectivity index is 2.19. The molecule has 0 aliphatic heterocycles. The van der Waals surface area contributed by atoms with Gasteiger partial charge in [0.1, 0.15) is 6.61 Å². The van der Waals surface area contributed by atoms with Gasteiger partial charge >= 0.3 is 5.69 Å². The molecule has 1 aromatic carbocycles. The summed E-state index contributed by atoms with van der Waals surface area (Å²) in [7, 11) is 0. The van der Waals surface area contributed by atoms with E-state index in [4.69, 9.17) is 4.74 Å². The molecule has 1 saturated carbocycles. The van der Waals surface area contributed by atoms with Gasteiger partial charge in [-0.25, -0.2) is 0 Å². The van der Waals surface area contributed by atoms with E-state index < -0.39 is 4.92 Å². The number of rotatable bonds is 5. The molecule has 6 heteroatoms. The quantitative estimate of drug-likeness (QED) is 0.619. The van der Waals surface area contributed by atoms with Crippen molar-refractivity contribution in [2.45, 2.75) is 19.8 Å². The molecule has 0 aromatic heterocycles. The van der Waals surface area contributed by atoms with Crippen molar-refractivity contribution in [3.63, 3.8) is 0 Å². The van der Waals surface area contributed by atoms with Gasteiger partial charge in [0.15, 0.2) is 5.78 Å². The average molecular weight is 314 g/mol. The van der Waals surface area contributed by atoms with Crippen LogP contribution in [0.2, 0.25) is 0 Å². The zero-order valence-electron chi connectivity index (χ0n) is 9.81. The van der Waals surface area contributed by atoms with Crippen LogP contribution in [0.15, 0.2) is 16.6 Å². The number of ether oxygens (including phenoxy) is 1. The summed E-state index contributed by atoms with van der Waals surface area (Å²) < 4.78 is 5.95. The Morgan fingerprint density at radius 3 is 2.78 bits per heavy atom. The minimum atomic E-state index is -0.505. The molecule has 0 saturated heterocycles. The fourth-order valence-electron chi connectivity index (χ4n) is 1.70. The van der Waals surface area contributed by atoms with Crippen LogP contribution >= 0.6 is 15.9 Å². The number of benzene rings is 1. The number of halogens is 1. The zero-order chi connectivity index (χ0) is 13.3. The summed E-state index contributed by atoms with van der Waals surface area (Å²) in [5.74, 6) is 0.295. The second-order valence-corrected chi connectivity index (χ2v) is 5.27. The van der Waals surface area contributed by atoms with Crippen molar-refractivity contribution in [2.75, 3.05) is 6.61 Å². The van der Waals surface area contributed by atoms with Crippen molar-refractivity contribution in [1.82, 2.24) is 0 Å². The Kier molecular flexibility index (Phi) is 3.65. The van der Waals surface area contributed by atoms with Gasteiger partial charge in [-0.05, 0) is 31.4 Å². The average Bonchev–Trinajstić information content (AvgIpc) is 3.10. The lowest BCUT2D eigenvalue weighted by Crippen LogP contribution is -2.14. The van der Waals surface area contributed by atoms with E-state index in [2.05, 4.69) is 15.9 Å². The van der Waals surface area contributed by atoms with Gasteiger partial charge in [0.2, 0.25) is 5.75 Å². The molecule has 1 aliphatic rings. The predicted octanol–water partition coefficient (Wildman–Crippen LogP) is 3.02. The van der Waals surface area contributed by atoms with Gasteiger partial charge in [-0.2, -0.15) is 0 Å². The van der Waals surface area contributed by atoms with Gasteiger partial charge in [0.25, 0.3) is 0 Å². The third-order valence-corrected chi connectivity index (χ3v) is 3.27. The highest BCUT2D eigenvalue weighted by Crippen LogP contribution is 2.35. The second kappa shape index (κ2) is 5.06. The number of Topliss-reactive ketones (excluding diaryl/α,β-unsaturated/α-hetero) is 1. The monoisotopic (exact) mass is 313 g/mol. The van der Waals surface area contributed by atoms with Crippen LogP contribution in [0.25, 0.3) is 0 Å². The van der Waals surface area contributed by atoms with Gasteiger partial charge in [-0.1, -0.05) is 15.9 Å². The lowest BCUT2D eigenvalue weighted by Gasteiger charge is -2.09. The molecule has 0 unspecified atom stereocenters. The third-order valence-electron chi connectivity index (χ3n) is 2.81. The first-order valence-electron chi connectivity index (χ1n) is 5.59. The molecule has 0 heterocycles. The van der Waals surface area contributed by atoms with E-state index in [-0.39, 0.29) is 29.7 Å². The predicted molar refractivity (Wildman–Crippen MR) is 68.8 cm³/mol. The lowest BCUT2D eigenvalue weighted by molar-refractivity contribution is -0.385. The molecule has 1 fully saturated rings. The molecule has 2 rings (SSSR count). The van der Waals surface area contributed by atoms with Crippen LogP contribution in [0, 0.1) is 23.0 Å². The number of hydrogen-bond acceptors (Lipinski definition) is 4. The molecule has 18 heavy (non-hydrogen) atoms. The standard InChI is InChI=1S/C12H12BrNO4/c1-7-4-9(13)5-10(14(16)17)12(7)18-6-11(15)8-2-3-8/h4-5,8H,2-3,6H2,1H3. The lowest BCUT2D eigenvalue weighted by atomic mass is 10.2. The smallest absolute Gasteiger partial charge is 0.312 e. The normalized spacial score (nSPS) is 14.3. The van der Waals surface area contributed by atoms with Gasteiger partial charge in [0, 0.05) is 16.5 Å². The maximum absolute atomic E-state index is 11.5. The largest absolute Gasteiger partial charge is 0.479 e. The van der Waals surface area contributed by atoms with Crippen molar-refractivity contribution < 1.29 is 14.5 Å². The van der Waals surface area contributed by atoms with Crippen molar-refractivity contribution in [2.24, 2.45) is 5.92 Å². The number of hydrogen-bond donors (Lipinski definition) is 0.